The Hall–Kier alpha value is -2.64. The third-order valence-corrected chi connectivity index (χ3v) is 6.62. The molecule has 0 saturated carbocycles. The van der Waals surface area contributed by atoms with Gasteiger partial charge in [0, 0.05) is 12.1 Å². The predicted octanol–water partition coefficient (Wildman–Crippen LogP) is 5.73. The lowest BCUT2D eigenvalue weighted by Gasteiger charge is -2.25. The summed E-state index contributed by atoms with van der Waals surface area (Å²) in [6, 6.07) is 15.6. The van der Waals surface area contributed by atoms with Gasteiger partial charge >= 0.3 is 0 Å². The van der Waals surface area contributed by atoms with E-state index in [-0.39, 0.29) is 18.1 Å². The number of methoxy groups -OCH3 is 1. The first kappa shape index (κ1) is 23.5. The quantitative estimate of drug-likeness (QED) is 0.514. The number of carbonyl (C=O) groups excluding carboxylic acids is 1. The molecule has 1 aliphatic heterocycles. The minimum Gasteiger partial charge on any atom is -0.374 e. The van der Waals surface area contributed by atoms with Gasteiger partial charge in [0.2, 0.25) is 0 Å². The number of nitrogens with zero attached hydrogens (tertiary/aromatic N) is 1. The normalized spacial score (nSPS) is 22.6. The summed E-state index contributed by atoms with van der Waals surface area (Å²) in [6.07, 6.45) is 8.13. The van der Waals surface area contributed by atoms with Crippen molar-refractivity contribution < 1.29 is 14.3 Å². The Kier molecular flexibility index (Phi) is 7.83. The van der Waals surface area contributed by atoms with E-state index in [1.54, 1.807) is 7.11 Å². The van der Waals surface area contributed by atoms with Crippen LogP contribution in [0.25, 0.3) is 0 Å². The van der Waals surface area contributed by atoms with Crippen molar-refractivity contribution in [2.24, 2.45) is 4.99 Å². The topological polar surface area (TPSA) is 59.9 Å². The van der Waals surface area contributed by atoms with E-state index in [2.05, 4.69) is 17.2 Å². The number of nitrogens with one attached hydrogen (secondary N) is 1. The molecule has 1 aliphatic carbocycles. The second kappa shape index (κ2) is 11.0. The molecule has 0 aromatic heterocycles. The summed E-state index contributed by atoms with van der Waals surface area (Å²) in [7, 11) is 1.64. The molecule has 1 amide bonds. The van der Waals surface area contributed by atoms with Gasteiger partial charge in [-0.3, -0.25) is 4.79 Å². The summed E-state index contributed by atoms with van der Waals surface area (Å²) in [4.78, 5) is 17.6. The van der Waals surface area contributed by atoms with Crippen LogP contribution in [0.5, 0.6) is 0 Å². The third kappa shape index (κ3) is 6.03. The van der Waals surface area contributed by atoms with Crippen LogP contribution in [0.15, 0.2) is 88.3 Å². The van der Waals surface area contributed by atoms with Gasteiger partial charge < -0.3 is 14.8 Å². The SMILES string of the molecule is CCc1ccc(N=C2NC(=O)/C(=C/C3=CC(OC)C(OCc4ccccc4Cl)C=C3)S2)cc1. The molecule has 5 nitrogen and oxygen atoms in total. The highest BCUT2D eigenvalue weighted by atomic mass is 35.5. The van der Waals surface area contributed by atoms with Gasteiger partial charge in [0.05, 0.1) is 17.2 Å². The molecule has 2 unspecified atom stereocenters. The second-order valence-electron chi connectivity index (χ2n) is 7.59. The fourth-order valence-electron chi connectivity index (χ4n) is 3.46. The average Bonchev–Trinajstić information content (AvgIpc) is 3.17. The average molecular weight is 481 g/mol. The predicted molar refractivity (Wildman–Crippen MR) is 135 cm³/mol. The molecule has 33 heavy (non-hydrogen) atoms. The molecule has 2 aromatic rings. The molecule has 2 aliphatic rings. The fraction of sp³-hybridized carbons (Fsp3) is 0.231. The molecule has 170 valence electrons. The van der Waals surface area contributed by atoms with Crippen LogP contribution in [-0.2, 0) is 27.3 Å². The smallest absolute Gasteiger partial charge is 0.264 e. The van der Waals surface area contributed by atoms with Crippen LogP contribution in [0.3, 0.4) is 0 Å². The molecule has 0 bridgehead atoms. The van der Waals surface area contributed by atoms with E-state index in [9.17, 15) is 4.79 Å². The van der Waals surface area contributed by atoms with Crippen LogP contribution in [0.1, 0.15) is 18.1 Å². The molecule has 2 atom stereocenters. The van der Waals surface area contributed by atoms with Crippen LogP contribution >= 0.6 is 23.4 Å². The van der Waals surface area contributed by atoms with Crippen molar-refractivity contribution in [3.63, 3.8) is 0 Å². The number of aliphatic imine (C=N–C) groups is 1. The van der Waals surface area contributed by atoms with Gasteiger partial charge in [0.25, 0.3) is 5.91 Å². The van der Waals surface area contributed by atoms with Crippen LogP contribution in [0.2, 0.25) is 5.02 Å². The minimum atomic E-state index is -0.274. The van der Waals surface area contributed by atoms with Gasteiger partial charge in [0.1, 0.15) is 12.2 Å². The van der Waals surface area contributed by atoms with Crippen LogP contribution in [-0.4, -0.2) is 30.4 Å². The summed E-state index contributed by atoms with van der Waals surface area (Å²) >= 11 is 7.55. The summed E-state index contributed by atoms with van der Waals surface area (Å²) in [5.74, 6) is -0.163. The first-order chi connectivity index (χ1) is 16.1. The van der Waals surface area contributed by atoms with Gasteiger partial charge in [-0.15, -0.1) is 0 Å². The van der Waals surface area contributed by atoms with Crippen molar-refractivity contribution >= 4 is 40.1 Å². The van der Waals surface area contributed by atoms with E-state index in [0.717, 1.165) is 23.2 Å². The molecule has 1 N–H and O–H groups in total. The number of carbonyl (C=O) groups is 1. The van der Waals surface area contributed by atoms with Crippen LogP contribution in [0, 0.1) is 0 Å². The summed E-state index contributed by atoms with van der Waals surface area (Å²) in [5.41, 5.74) is 3.87. The van der Waals surface area contributed by atoms with Gasteiger partial charge in [-0.1, -0.05) is 61.0 Å². The minimum absolute atomic E-state index is 0.163. The zero-order valence-corrected chi connectivity index (χ0v) is 20.0. The van der Waals surface area contributed by atoms with E-state index in [1.165, 1.54) is 17.3 Å². The van der Waals surface area contributed by atoms with E-state index < -0.39 is 0 Å². The fourth-order valence-corrected chi connectivity index (χ4v) is 4.49. The Morgan fingerprint density at radius 2 is 1.94 bits per heavy atom. The monoisotopic (exact) mass is 480 g/mol. The standard InChI is InChI=1S/C26H25ClN2O3S/c1-3-17-8-11-20(12-9-17)28-26-29-25(30)24(33-26)15-18-10-13-22(23(14-18)31-2)32-16-19-6-4-5-7-21(19)27/h4-15,22-23H,3,16H2,1-2H3,(H,28,29,30)/b24-15-. The maximum absolute atomic E-state index is 12.5. The van der Waals surface area contributed by atoms with Gasteiger partial charge in [0.15, 0.2) is 5.17 Å². The summed E-state index contributed by atoms with van der Waals surface area (Å²) < 4.78 is 11.6. The van der Waals surface area contributed by atoms with Crippen molar-refractivity contribution in [1.29, 1.82) is 0 Å². The Balaban J connectivity index is 1.42. The van der Waals surface area contributed by atoms with Crippen molar-refractivity contribution in [1.82, 2.24) is 5.32 Å². The molecule has 1 fully saturated rings. The summed E-state index contributed by atoms with van der Waals surface area (Å²) in [6.45, 7) is 2.50. The molecule has 1 heterocycles. The lowest BCUT2D eigenvalue weighted by molar-refractivity contribution is -0.115. The number of aryl methyl sites for hydroxylation is 1. The zero-order chi connectivity index (χ0) is 23.2. The van der Waals surface area contributed by atoms with Crippen molar-refractivity contribution in [3.05, 3.63) is 99.5 Å². The molecule has 1 saturated heterocycles. The van der Waals surface area contributed by atoms with Gasteiger partial charge in [-0.2, -0.15) is 0 Å². The van der Waals surface area contributed by atoms with Crippen molar-refractivity contribution in [3.8, 4) is 0 Å². The third-order valence-electron chi connectivity index (χ3n) is 5.34. The first-order valence-corrected chi connectivity index (χ1v) is 11.9. The Morgan fingerprint density at radius 3 is 2.67 bits per heavy atom. The number of hydrogen-bond donors (Lipinski definition) is 1. The Labute approximate surface area is 203 Å². The zero-order valence-electron chi connectivity index (χ0n) is 18.5. The van der Waals surface area contributed by atoms with E-state index >= 15 is 0 Å². The number of benzene rings is 2. The number of halogens is 1. The Bertz CT molecular complexity index is 1140. The van der Waals surface area contributed by atoms with Crippen molar-refractivity contribution in [2.45, 2.75) is 32.2 Å². The number of amidine groups is 1. The largest absolute Gasteiger partial charge is 0.374 e. The number of ether oxygens (including phenoxy) is 2. The van der Waals surface area contributed by atoms with E-state index in [1.807, 2.05) is 72.8 Å². The van der Waals surface area contributed by atoms with Crippen LogP contribution < -0.4 is 5.32 Å². The summed E-state index contributed by atoms with van der Waals surface area (Å²) in [5, 5.41) is 4.08. The number of amides is 1. The van der Waals surface area contributed by atoms with Gasteiger partial charge in [-0.05, 0) is 65.2 Å². The molecular weight excluding hydrogens is 456 g/mol. The molecule has 0 spiro atoms. The van der Waals surface area contributed by atoms with E-state index in [0.29, 0.717) is 21.7 Å². The van der Waals surface area contributed by atoms with E-state index in [4.69, 9.17) is 21.1 Å². The van der Waals surface area contributed by atoms with Crippen LogP contribution in [0.4, 0.5) is 5.69 Å². The maximum Gasteiger partial charge on any atom is 0.264 e. The lowest BCUT2D eigenvalue weighted by Crippen LogP contribution is -2.29. The highest BCUT2D eigenvalue weighted by Crippen LogP contribution is 2.29. The molecule has 4 rings (SSSR count). The second-order valence-corrected chi connectivity index (χ2v) is 9.03. The number of hydrogen-bond acceptors (Lipinski definition) is 5. The lowest BCUT2D eigenvalue weighted by atomic mass is 10.0. The molecule has 7 heteroatoms. The molecule has 0 radical (unpaired) electrons. The number of allylic oxidation sites excluding steroid dienone is 3. The maximum atomic E-state index is 12.5. The van der Waals surface area contributed by atoms with Gasteiger partial charge in [-0.25, -0.2) is 4.99 Å². The number of rotatable bonds is 7. The highest BCUT2D eigenvalue weighted by Gasteiger charge is 2.26. The van der Waals surface area contributed by atoms with Crippen molar-refractivity contribution in [2.75, 3.05) is 7.11 Å². The first-order valence-electron chi connectivity index (χ1n) is 10.7. The number of thioether (sulfide) groups is 1. The highest BCUT2D eigenvalue weighted by molar-refractivity contribution is 8.18. The molecular formula is C26H25ClN2O3S. The molecule has 2 aromatic carbocycles. The Morgan fingerprint density at radius 1 is 1.15 bits per heavy atom.